The van der Waals surface area contributed by atoms with E-state index in [1.807, 2.05) is 0 Å². The first-order valence-electron chi connectivity index (χ1n) is 9.13. The molecule has 8 nitrogen and oxygen atoms in total. The summed E-state index contributed by atoms with van der Waals surface area (Å²) in [7, 11) is 0. The molecule has 2 aliphatic rings. The third-order valence-electron chi connectivity index (χ3n) is 5.21. The van der Waals surface area contributed by atoms with Gasteiger partial charge in [-0.2, -0.15) is 9.61 Å². The van der Waals surface area contributed by atoms with E-state index in [-0.39, 0.29) is 29.5 Å². The smallest absolute Gasteiger partial charge is 0.288 e. The van der Waals surface area contributed by atoms with Gasteiger partial charge in [0, 0.05) is 12.6 Å². The second-order valence-electron chi connectivity index (χ2n) is 7.05. The van der Waals surface area contributed by atoms with E-state index in [1.54, 1.807) is 6.92 Å². The van der Waals surface area contributed by atoms with E-state index >= 15 is 0 Å². The first kappa shape index (κ1) is 17.8. The summed E-state index contributed by atoms with van der Waals surface area (Å²) < 4.78 is 1.17. The van der Waals surface area contributed by atoms with Crippen molar-refractivity contribution >= 4 is 28.1 Å². The van der Waals surface area contributed by atoms with Gasteiger partial charge in [-0.15, -0.1) is 0 Å². The highest BCUT2D eigenvalue weighted by molar-refractivity contribution is 7.16. The van der Waals surface area contributed by atoms with E-state index < -0.39 is 11.5 Å². The van der Waals surface area contributed by atoms with Gasteiger partial charge in [-0.05, 0) is 38.5 Å². The summed E-state index contributed by atoms with van der Waals surface area (Å²) in [5, 5.41) is 10.8. The van der Waals surface area contributed by atoms with Crippen LogP contribution in [0.15, 0.2) is 23.1 Å². The van der Waals surface area contributed by atoms with E-state index in [2.05, 4.69) is 32.9 Å². The zero-order chi connectivity index (χ0) is 19.0. The SMILES string of the molecule is Cc1nn2c(=O)c(C(=O)N[C@@H]3CCC(=O)N[C@H]3[C@H]3CC=CCC3)cnc2s1. The maximum atomic E-state index is 12.8. The molecular formula is C18H21N5O3S. The Bertz CT molecular complexity index is 979. The molecule has 142 valence electrons. The number of rotatable bonds is 3. The van der Waals surface area contributed by atoms with Gasteiger partial charge in [-0.1, -0.05) is 23.5 Å². The molecule has 1 aliphatic carbocycles. The largest absolute Gasteiger partial charge is 0.351 e. The first-order chi connectivity index (χ1) is 13.0. The molecule has 3 heterocycles. The van der Waals surface area contributed by atoms with Crippen LogP contribution in [0.4, 0.5) is 0 Å². The highest BCUT2D eigenvalue weighted by Gasteiger charge is 2.35. The van der Waals surface area contributed by atoms with Crippen LogP contribution in [-0.4, -0.2) is 38.5 Å². The first-order valence-corrected chi connectivity index (χ1v) is 9.95. The predicted octanol–water partition coefficient (Wildman–Crippen LogP) is 1.19. The molecule has 0 bridgehead atoms. The van der Waals surface area contributed by atoms with Crippen molar-refractivity contribution in [2.45, 2.75) is 51.1 Å². The van der Waals surface area contributed by atoms with E-state index in [9.17, 15) is 14.4 Å². The summed E-state index contributed by atoms with van der Waals surface area (Å²) in [6, 6.07) is -0.329. The highest BCUT2D eigenvalue weighted by atomic mass is 32.1. The second kappa shape index (κ2) is 7.22. The van der Waals surface area contributed by atoms with E-state index in [0.29, 0.717) is 22.8 Å². The Kier molecular flexibility index (Phi) is 4.77. The van der Waals surface area contributed by atoms with Crippen LogP contribution < -0.4 is 16.2 Å². The minimum Gasteiger partial charge on any atom is -0.351 e. The molecule has 4 rings (SSSR count). The topological polar surface area (TPSA) is 105 Å². The van der Waals surface area contributed by atoms with Crippen LogP contribution in [0, 0.1) is 12.8 Å². The number of nitrogens with zero attached hydrogens (tertiary/aromatic N) is 3. The number of carbonyl (C=O) groups excluding carboxylic acids is 2. The molecule has 1 saturated heterocycles. The Morgan fingerprint density at radius 3 is 2.96 bits per heavy atom. The molecule has 0 aromatic carbocycles. The third-order valence-corrected chi connectivity index (χ3v) is 6.05. The monoisotopic (exact) mass is 387 g/mol. The van der Waals surface area contributed by atoms with Crippen molar-refractivity contribution in [3.8, 4) is 0 Å². The van der Waals surface area contributed by atoms with Gasteiger partial charge in [0.05, 0.1) is 12.1 Å². The molecule has 2 amide bonds. The number of fused-ring (bicyclic) bond motifs is 1. The molecule has 0 spiro atoms. The quantitative estimate of drug-likeness (QED) is 0.770. The number of hydrogen-bond acceptors (Lipinski definition) is 6. The zero-order valence-electron chi connectivity index (χ0n) is 15.0. The van der Waals surface area contributed by atoms with Crippen molar-refractivity contribution in [3.05, 3.63) is 39.3 Å². The van der Waals surface area contributed by atoms with Crippen LogP contribution in [0.5, 0.6) is 0 Å². The lowest BCUT2D eigenvalue weighted by atomic mass is 9.81. The van der Waals surface area contributed by atoms with Crippen LogP contribution in [0.1, 0.15) is 47.5 Å². The average molecular weight is 387 g/mol. The second-order valence-corrected chi connectivity index (χ2v) is 8.21. The summed E-state index contributed by atoms with van der Waals surface area (Å²) in [6.45, 7) is 1.78. The van der Waals surface area contributed by atoms with Crippen molar-refractivity contribution in [2.24, 2.45) is 5.92 Å². The van der Waals surface area contributed by atoms with Crippen molar-refractivity contribution in [3.63, 3.8) is 0 Å². The van der Waals surface area contributed by atoms with Gasteiger partial charge < -0.3 is 10.6 Å². The third kappa shape index (κ3) is 3.51. The Labute approximate surface area is 159 Å². The molecule has 9 heteroatoms. The van der Waals surface area contributed by atoms with Gasteiger partial charge in [0.1, 0.15) is 10.6 Å². The number of nitrogens with one attached hydrogen (secondary N) is 2. The fourth-order valence-electron chi connectivity index (χ4n) is 3.86. The molecule has 2 aromatic rings. The lowest BCUT2D eigenvalue weighted by Crippen LogP contribution is -2.58. The van der Waals surface area contributed by atoms with Crippen LogP contribution in [0.25, 0.3) is 4.96 Å². The summed E-state index contributed by atoms with van der Waals surface area (Å²) in [5.74, 6) is -0.168. The molecule has 1 fully saturated rings. The van der Waals surface area contributed by atoms with Crippen molar-refractivity contribution in [1.82, 2.24) is 25.2 Å². The van der Waals surface area contributed by atoms with Crippen LogP contribution in [-0.2, 0) is 4.79 Å². The fourth-order valence-corrected chi connectivity index (χ4v) is 4.56. The highest BCUT2D eigenvalue weighted by Crippen LogP contribution is 2.27. The molecule has 27 heavy (non-hydrogen) atoms. The Morgan fingerprint density at radius 2 is 2.19 bits per heavy atom. The standard InChI is InChI=1S/C18H21N5O3S/c1-10-22-23-17(26)12(9-19-18(23)27-10)16(25)20-13-7-8-14(24)21-15(13)11-5-3-2-4-6-11/h2-3,9,11,13,15H,4-8H2,1H3,(H,20,25)(H,21,24)/t11-,13+,15-/m0/s1. The van der Waals surface area contributed by atoms with E-state index in [4.69, 9.17) is 0 Å². The molecular weight excluding hydrogens is 366 g/mol. The van der Waals surface area contributed by atoms with Crippen molar-refractivity contribution in [1.29, 1.82) is 0 Å². The van der Waals surface area contributed by atoms with Crippen molar-refractivity contribution < 1.29 is 9.59 Å². The molecule has 3 atom stereocenters. The number of allylic oxidation sites excluding steroid dienone is 2. The number of amides is 2. The fraction of sp³-hybridized carbons (Fsp3) is 0.500. The van der Waals surface area contributed by atoms with Gasteiger partial charge in [-0.3, -0.25) is 14.4 Å². The molecule has 2 aromatic heterocycles. The van der Waals surface area contributed by atoms with Gasteiger partial charge in [0.15, 0.2) is 0 Å². The molecule has 1 aliphatic heterocycles. The summed E-state index contributed by atoms with van der Waals surface area (Å²) in [5.41, 5.74) is -0.504. The van der Waals surface area contributed by atoms with Crippen LogP contribution in [0.3, 0.4) is 0 Å². The Morgan fingerprint density at radius 1 is 1.33 bits per heavy atom. The normalized spacial score (nSPS) is 25.4. The lowest BCUT2D eigenvalue weighted by Gasteiger charge is -2.38. The van der Waals surface area contributed by atoms with Crippen LogP contribution >= 0.6 is 11.3 Å². The number of aromatic nitrogens is 3. The van der Waals surface area contributed by atoms with E-state index in [0.717, 1.165) is 19.3 Å². The van der Waals surface area contributed by atoms with Gasteiger partial charge in [0.25, 0.3) is 11.5 Å². The molecule has 0 radical (unpaired) electrons. The van der Waals surface area contributed by atoms with E-state index in [1.165, 1.54) is 22.0 Å². The van der Waals surface area contributed by atoms with Crippen molar-refractivity contribution in [2.75, 3.05) is 0 Å². The maximum absolute atomic E-state index is 12.8. The minimum atomic E-state index is -0.473. The summed E-state index contributed by atoms with van der Waals surface area (Å²) >= 11 is 1.30. The number of aryl methyl sites for hydroxylation is 1. The number of piperidine rings is 1. The Balaban J connectivity index is 1.57. The zero-order valence-corrected chi connectivity index (χ0v) is 15.8. The van der Waals surface area contributed by atoms with Gasteiger partial charge in [0.2, 0.25) is 10.9 Å². The summed E-state index contributed by atoms with van der Waals surface area (Å²) in [6.07, 6.45) is 9.34. The molecule has 2 N–H and O–H groups in total. The van der Waals surface area contributed by atoms with Gasteiger partial charge in [-0.25, -0.2) is 4.98 Å². The predicted molar refractivity (Wildman–Crippen MR) is 101 cm³/mol. The molecule has 0 unspecified atom stereocenters. The maximum Gasteiger partial charge on any atom is 0.288 e. The minimum absolute atomic E-state index is 0.0150. The lowest BCUT2D eigenvalue weighted by molar-refractivity contribution is -0.124. The van der Waals surface area contributed by atoms with Crippen LogP contribution in [0.2, 0.25) is 0 Å². The summed E-state index contributed by atoms with van der Waals surface area (Å²) in [4.78, 5) is 41.9. The Hall–Kier alpha value is -2.55. The number of carbonyl (C=O) groups is 2. The number of hydrogen-bond donors (Lipinski definition) is 2. The molecule has 0 saturated carbocycles. The van der Waals surface area contributed by atoms with Gasteiger partial charge >= 0.3 is 0 Å². The average Bonchev–Trinajstić information content (AvgIpc) is 3.05.